The monoisotopic (exact) mass is 261 g/mol. The van der Waals surface area contributed by atoms with Crippen molar-refractivity contribution in [2.24, 2.45) is 5.41 Å². The van der Waals surface area contributed by atoms with Crippen LogP contribution >= 0.6 is 0 Å². The average Bonchev–Trinajstić information content (AvgIpc) is 2.89. The van der Waals surface area contributed by atoms with Crippen LogP contribution in [0.25, 0.3) is 0 Å². The molecule has 1 aromatic rings. The Balaban J connectivity index is 2.10. The summed E-state index contributed by atoms with van der Waals surface area (Å²) in [5.41, 5.74) is 0.907. The molecule has 1 aliphatic rings. The van der Waals surface area contributed by atoms with Crippen LogP contribution in [0.15, 0.2) is 24.3 Å². The van der Waals surface area contributed by atoms with Crippen molar-refractivity contribution in [1.29, 1.82) is 0 Å². The van der Waals surface area contributed by atoms with Crippen molar-refractivity contribution in [3.05, 3.63) is 29.8 Å². The molecule has 1 heterocycles. The van der Waals surface area contributed by atoms with Gasteiger partial charge in [-0.1, -0.05) is 25.5 Å². The molecule has 0 aliphatic carbocycles. The quantitative estimate of drug-likeness (QED) is 0.855. The normalized spacial score (nSPS) is 22.4. The van der Waals surface area contributed by atoms with Gasteiger partial charge in [0.15, 0.2) is 0 Å². The van der Waals surface area contributed by atoms with Crippen LogP contribution in [0, 0.1) is 5.41 Å². The maximum Gasteiger partial charge on any atom is 0.144 e. The molecule has 0 saturated carbocycles. The van der Waals surface area contributed by atoms with E-state index in [2.05, 4.69) is 12.2 Å². The molecule has 0 amide bonds. The zero-order valence-corrected chi connectivity index (χ0v) is 11.9. The molecule has 1 unspecified atom stereocenters. The number of ether oxygens (including phenoxy) is 1. The third kappa shape index (κ3) is 3.16. The lowest BCUT2D eigenvalue weighted by atomic mass is 9.76. The Labute approximate surface area is 115 Å². The molecule has 3 nitrogen and oxygen atoms in total. The molecule has 1 aromatic carbocycles. The summed E-state index contributed by atoms with van der Waals surface area (Å²) in [6, 6.07) is 7.82. The summed E-state index contributed by atoms with van der Waals surface area (Å²) in [6.07, 6.45) is 3.54. The number of hydrogen-bond donors (Lipinski definition) is 1. The number of benzene rings is 1. The highest BCUT2D eigenvalue weighted by Crippen LogP contribution is 2.33. The summed E-state index contributed by atoms with van der Waals surface area (Å²) in [5.74, 6) is 1.19. The van der Waals surface area contributed by atoms with E-state index in [0.29, 0.717) is 12.2 Å². The average molecular weight is 261 g/mol. The number of nitrogens with one attached hydrogen (secondary N) is 1. The van der Waals surface area contributed by atoms with E-state index >= 15 is 0 Å². The van der Waals surface area contributed by atoms with Crippen molar-refractivity contribution in [1.82, 2.24) is 5.32 Å². The largest absolute Gasteiger partial charge is 0.497 e. The van der Waals surface area contributed by atoms with Crippen LogP contribution in [0.5, 0.6) is 5.75 Å². The molecule has 1 aliphatic heterocycles. The molecule has 2 rings (SSSR count). The van der Waals surface area contributed by atoms with Gasteiger partial charge in [0, 0.05) is 18.4 Å². The fourth-order valence-electron chi connectivity index (χ4n) is 2.97. The highest BCUT2D eigenvalue weighted by atomic mass is 16.5. The van der Waals surface area contributed by atoms with E-state index in [9.17, 15) is 4.79 Å². The molecule has 1 saturated heterocycles. The molecule has 1 fully saturated rings. The third-order valence-corrected chi connectivity index (χ3v) is 4.06. The van der Waals surface area contributed by atoms with Gasteiger partial charge in [-0.05, 0) is 37.1 Å². The van der Waals surface area contributed by atoms with Gasteiger partial charge in [-0.3, -0.25) is 4.79 Å². The first-order valence-corrected chi connectivity index (χ1v) is 7.07. The van der Waals surface area contributed by atoms with Crippen molar-refractivity contribution in [2.45, 2.75) is 32.6 Å². The Kier molecular flexibility index (Phi) is 4.59. The molecule has 3 heteroatoms. The van der Waals surface area contributed by atoms with Gasteiger partial charge in [0.1, 0.15) is 11.5 Å². The SMILES string of the molecule is CCCC1(C(=O)Cc2cccc(OC)c2)CCNC1. The molecule has 0 radical (unpaired) electrons. The van der Waals surface area contributed by atoms with Crippen molar-refractivity contribution in [3.8, 4) is 5.75 Å². The molecular weight excluding hydrogens is 238 g/mol. The van der Waals surface area contributed by atoms with Gasteiger partial charge >= 0.3 is 0 Å². The summed E-state index contributed by atoms with van der Waals surface area (Å²) >= 11 is 0. The number of Topliss-reactive ketones (excluding diaryl/α,β-unsaturated/α-hetero) is 1. The first kappa shape index (κ1) is 14.1. The van der Waals surface area contributed by atoms with Crippen molar-refractivity contribution in [3.63, 3.8) is 0 Å². The van der Waals surface area contributed by atoms with Crippen molar-refractivity contribution >= 4 is 5.78 Å². The van der Waals surface area contributed by atoms with Gasteiger partial charge in [0.2, 0.25) is 0 Å². The van der Waals surface area contributed by atoms with E-state index in [-0.39, 0.29) is 5.41 Å². The van der Waals surface area contributed by atoms with E-state index in [1.54, 1.807) is 7.11 Å². The number of hydrogen-bond acceptors (Lipinski definition) is 3. The standard InChI is InChI=1S/C16H23NO2/c1-3-7-16(8-9-17-12-16)15(18)11-13-5-4-6-14(10-13)19-2/h4-6,10,17H,3,7-9,11-12H2,1-2H3. The summed E-state index contributed by atoms with van der Waals surface area (Å²) in [5, 5.41) is 3.34. The number of carbonyl (C=O) groups excluding carboxylic acids is 1. The van der Waals surface area contributed by atoms with Crippen LogP contribution in [-0.4, -0.2) is 26.0 Å². The van der Waals surface area contributed by atoms with Gasteiger partial charge < -0.3 is 10.1 Å². The van der Waals surface area contributed by atoms with Crippen LogP contribution in [-0.2, 0) is 11.2 Å². The summed E-state index contributed by atoms with van der Waals surface area (Å²) in [4.78, 5) is 12.6. The Hall–Kier alpha value is -1.35. The zero-order chi connectivity index (χ0) is 13.7. The maximum absolute atomic E-state index is 12.6. The predicted octanol–water partition coefficient (Wildman–Crippen LogP) is 2.59. The minimum absolute atomic E-state index is 0.141. The Morgan fingerprint density at radius 1 is 1.47 bits per heavy atom. The fourth-order valence-corrected chi connectivity index (χ4v) is 2.97. The topological polar surface area (TPSA) is 38.3 Å². The molecule has 0 aromatic heterocycles. The zero-order valence-electron chi connectivity index (χ0n) is 11.9. The molecule has 0 bridgehead atoms. The minimum Gasteiger partial charge on any atom is -0.497 e. The second kappa shape index (κ2) is 6.20. The molecular formula is C16H23NO2. The van der Waals surface area contributed by atoms with Crippen LogP contribution < -0.4 is 10.1 Å². The van der Waals surface area contributed by atoms with E-state index in [1.165, 1.54) is 0 Å². The first-order valence-electron chi connectivity index (χ1n) is 7.07. The minimum atomic E-state index is -0.141. The van der Waals surface area contributed by atoms with Crippen LogP contribution in [0.4, 0.5) is 0 Å². The fraction of sp³-hybridized carbons (Fsp3) is 0.562. The first-order chi connectivity index (χ1) is 9.20. The molecule has 1 atom stereocenters. The lowest BCUT2D eigenvalue weighted by Gasteiger charge is -2.26. The van der Waals surface area contributed by atoms with Gasteiger partial charge in [-0.15, -0.1) is 0 Å². The molecule has 0 spiro atoms. The van der Waals surface area contributed by atoms with Crippen LogP contribution in [0.3, 0.4) is 0 Å². The molecule has 19 heavy (non-hydrogen) atoms. The van der Waals surface area contributed by atoms with Gasteiger partial charge in [-0.25, -0.2) is 0 Å². The van der Waals surface area contributed by atoms with E-state index in [0.717, 1.165) is 43.7 Å². The number of ketones is 1. The van der Waals surface area contributed by atoms with Gasteiger partial charge in [0.25, 0.3) is 0 Å². The van der Waals surface area contributed by atoms with E-state index in [1.807, 2.05) is 24.3 Å². The summed E-state index contributed by atoms with van der Waals surface area (Å²) in [6.45, 7) is 3.95. The second-order valence-electron chi connectivity index (χ2n) is 5.41. The summed E-state index contributed by atoms with van der Waals surface area (Å²) < 4.78 is 5.21. The molecule has 1 N–H and O–H groups in total. The van der Waals surface area contributed by atoms with Gasteiger partial charge in [0.05, 0.1) is 7.11 Å². The van der Waals surface area contributed by atoms with Crippen molar-refractivity contribution in [2.75, 3.05) is 20.2 Å². The Bertz CT molecular complexity index is 436. The van der Waals surface area contributed by atoms with Crippen LogP contribution in [0.1, 0.15) is 31.7 Å². The van der Waals surface area contributed by atoms with Crippen LogP contribution in [0.2, 0.25) is 0 Å². The van der Waals surface area contributed by atoms with E-state index < -0.39 is 0 Å². The van der Waals surface area contributed by atoms with Crippen molar-refractivity contribution < 1.29 is 9.53 Å². The Morgan fingerprint density at radius 3 is 2.95 bits per heavy atom. The second-order valence-corrected chi connectivity index (χ2v) is 5.41. The lowest BCUT2D eigenvalue weighted by Crippen LogP contribution is -2.34. The highest BCUT2D eigenvalue weighted by Gasteiger charge is 2.39. The van der Waals surface area contributed by atoms with E-state index in [4.69, 9.17) is 4.74 Å². The lowest BCUT2D eigenvalue weighted by molar-refractivity contribution is -0.127. The third-order valence-electron chi connectivity index (χ3n) is 4.06. The maximum atomic E-state index is 12.6. The Morgan fingerprint density at radius 2 is 2.32 bits per heavy atom. The molecule has 104 valence electrons. The highest BCUT2D eigenvalue weighted by molar-refractivity contribution is 5.87. The van der Waals surface area contributed by atoms with Gasteiger partial charge in [-0.2, -0.15) is 0 Å². The number of rotatable bonds is 6. The smallest absolute Gasteiger partial charge is 0.144 e. The number of carbonyl (C=O) groups is 1. The predicted molar refractivity (Wildman–Crippen MR) is 76.5 cm³/mol. The summed E-state index contributed by atoms with van der Waals surface area (Å²) in [7, 11) is 1.65. The number of methoxy groups -OCH3 is 1.